The molecule has 0 aromatic carbocycles. The van der Waals surface area contributed by atoms with Crippen LogP contribution < -0.4 is 11.3 Å². The predicted molar refractivity (Wildman–Crippen MR) is 69.7 cm³/mol. The fourth-order valence-corrected chi connectivity index (χ4v) is 2.58. The highest BCUT2D eigenvalue weighted by atomic mass is 16.3. The number of rotatable bonds is 3. The lowest BCUT2D eigenvalue weighted by Gasteiger charge is -2.41. The maximum absolute atomic E-state index is 11.7. The number of nitrogens with zero attached hydrogens (tertiary/aromatic N) is 6. The van der Waals surface area contributed by atoms with Crippen LogP contribution >= 0.6 is 0 Å². The molecule has 2 aromatic heterocycles. The van der Waals surface area contributed by atoms with E-state index >= 15 is 0 Å². The molecule has 3 rings (SSSR count). The fourth-order valence-electron chi connectivity index (χ4n) is 2.58. The summed E-state index contributed by atoms with van der Waals surface area (Å²) in [5.41, 5.74) is 14.2. The summed E-state index contributed by atoms with van der Waals surface area (Å²) in [6.07, 6.45) is 2.10. The SMILES string of the molecule is [N-]=[N+]=N[C@H]1[C@@H](CO)C[C@H]1n1cnc2c(=O)[nH]c(N)nc21. The Morgan fingerprint density at radius 2 is 2.50 bits per heavy atom. The van der Waals surface area contributed by atoms with Crippen LogP contribution in [0, 0.1) is 5.92 Å². The zero-order valence-electron chi connectivity index (χ0n) is 10.3. The van der Waals surface area contributed by atoms with Gasteiger partial charge in [-0.3, -0.25) is 9.78 Å². The van der Waals surface area contributed by atoms with Crippen LogP contribution in [0.2, 0.25) is 0 Å². The quantitative estimate of drug-likeness (QED) is 0.406. The first-order valence-electron chi connectivity index (χ1n) is 6.03. The Morgan fingerprint density at radius 1 is 1.70 bits per heavy atom. The molecule has 0 radical (unpaired) electrons. The summed E-state index contributed by atoms with van der Waals surface area (Å²) in [5, 5.41) is 12.9. The molecule has 0 saturated heterocycles. The molecule has 104 valence electrons. The smallest absolute Gasteiger partial charge is 0.280 e. The van der Waals surface area contributed by atoms with Gasteiger partial charge in [-0.05, 0) is 17.9 Å². The fraction of sp³-hybridized carbons (Fsp3) is 0.500. The standard InChI is InChI=1S/C10H12N8O2/c11-10-14-8-7(9(20)15-10)13-3-18(8)5-1-4(2-19)6(5)16-17-12/h3-6,19H,1-2H2,(H3,11,14,15,20)/t4-,5-,6+/m1/s1. The average molecular weight is 276 g/mol. The van der Waals surface area contributed by atoms with Gasteiger partial charge in [0.05, 0.1) is 12.4 Å². The summed E-state index contributed by atoms with van der Waals surface area (Å²) in [4.78, 5) is 24.9. The Hall–Kier alpha value is -2.58. The Bertz CT molecular complexity index is 758. The van der Waals surface area contributed by atoms with E-state index in [0.717, 1.165) is 0 Å². The van der Waals surface area contributed by atoms with Crippen molar-refractivity contribution in [2.75, 3.05) is 12.3 Å². The molecule has 2 aromatic rings. The number of azide groups is 1. The van der Waals surface area contributed by atoms with E-state index in [9.17, 15) is 9.90 Å². The summed E-state index contributed by atoms with van der Waals surface area (Å²) < 4.78 is 1.67. The van der Waals surface area contributed by atoms with Gasteiger partial charge in [0, 0.05) is 17.6 Å². The van der Waals surface area contributed by atoms with Crippen molar-refractivity contribution in [3.8, 4) is 0 Å². The topological polar surface area (TPSA) is 159 Å². The highest BCUT2D eigenvalue weighted by Gasteiger charge is 2.42. The van der Waals surface area contributed by atoms with Crippen LogP contribution in [-0.4, -0.2) is 37.3 Å². The number of imidazole rings is 1. The van der Waals surface area contributed by atoms with Crippen LogP contribution in [0.4, 0.5) is 5.95 Å². The van der Waals surface area contributed by atoms with E-state index < -0.39 is 5.56 Å². The number of fused-ring (bicyclic) bond motifs is 1. The van der Waals surface area contributed by atoms with Crippen molar-refractivity contribution in [2.24, 2.45) is 11.0 Å². The van der Waals surface area contributed by atoms with Crippen LogP contribution in [0.25, 0.3) is 21.6 Å². The summed E-state index contributed by atoms with van der Waals surface area (Å²) in [5.74, 6) is -0.0877. The van der Waals surface area contributed by atoms with Gasteiger partial charge < -0.3 is 15.4 Å². The number of anilines is 1. The number of nitrogen functional groups attached to an aromatic ring is 1. The van der Waals surface area contributed by atoms with E-state index in [-0.39, 0.29) is 36.1 Å². The minimum absolute atomic E-state index is 0.00242. The Balaban J connectivity index is 2.07. The first-order chi connectivity index (χ1) is 9.65. The lowest BCUT2D eigenvalue weighted by Crippen LogP contribution is -2.43. The molecular formula is C10H12N8O2. The molecular weight excluding hydrogens is 264 g/mol. The van der Waals surface area contributed by atoms with Crippen molar-refractivity contribution in [3.05, 3.63) is 27.1 Å². The molecule has 2 heterocycles. The third-order valence-corrected chi connectivity index (χ3v) is 3.65. The normalized spacial score (nSPS) is 25.1. The molecule has 10 nitrogen and oxygen atoms in total. The molecule has 20 heavy (non-hydrogen) atoms. The highest BCUT2D eigenvalue weighted by Crippen LogP contribution is 2.41. The Labute approximate surface area is 111 Å². The molecule has 0 spiro atoms. The zero-order valence-corrected chi connectivity index (χ0v) is 10.3. The summed E-state index contributed by atoms with van der Waals surface area (Å²) >= 11 is 0. The van der Waals surface area contributed by atoms with E-state index in [1.165, 1.54) is 6.33 Å². The number of aliphatic hydroxyl groups is 1. The van der Waals surface area contributed by atoms with E-state index in [0.29, 0.717) is 12.1 Å². The van der Waals surface area contributed by atoms with Crippen molar-refractivity contribution >= 4 is 17.1 Å². The van der Waals surface area contributed by atoms with Crippen LogP contribution in [0.3, 0.4) is 0 Å². The molecule has 3 atom stereocenters. The number of H-pyrrole nitrogens is 1. The number of hydrogen-bond donors (Lipinski definition) is 3. The molecule has 0 bridgehead atoms. The summed E-state index contributed by atoms with van der Waals surface area (Å²) in [6, 6.07) is -0.563. The van der Waals surface area contributed by atoms with Crippen molar-refractivity contribution in [1.29, 1.82) is 0 Å². The van der Waals surface area contributed by atoms with Gasteiger partial charge in [0.1, 0.15) is 0 Å². The van der Waals surface area contributed by atoms with Gasteiger partial charge in [-0.25, -0.2) is 4.98 Å². The molecule has 10 heteroatoms. The first kappa shape index (κ1) is 12.5. The number of aromatic nitrogens is 4. The Morgan fingerprint density at radius 3 is 3.20 bits per heavy atom. The minimum Gasteiger partial charge on any atom is -0.396 e. The van der Waals surface area contributed by atoms with Crippen LogP contribution in [0.15, 0.2) is 16.2 Å². The van der Waals surface area contributed by atoms with Gasteiger partial charge in [0.25, 0.3) is 5.56 Å². The second-order valence-electron chi connectivity index (χ2n) is 4.72. The number of hydrogen-bond acceptors (Lipinski definition) is 6. The molecule has 0 amide bonds. The first-order valence-corrected chi connectivity index (χ1v) is 6.03. The van der Waals surface area contributed by atoms with Crippen LogP contribution in [0.5, 0.6) is 0 Å². The second kappa shape index (κ2) is 4.51. The predicted octanol–water partition coefficient (Wildman–Crippen LogP) is -0.0660. The van der Waals surface area contributed by atoms with E-state index in [1.54, 1.807) is 4.57 Å². The van der Waals surface area contributed by atoms with Gasteiger partial charge in [-0.2, -0.15) is 4.98 Å². The van der Waals surface area contributed by atoms with Gasteiger partial charge in [-0.15, -0.1) is 0 Å². The number of aliphatic hydroxyl groups excluding tert-OH is 1. The third-order valence-electron chi connectivity index (χ3n) is 3.65. The van der Waals surface area contributed by atoms with Crippen molar-refractivity contribution in [3.63, 3.8) is 0 Å². The molecule has 1 aliphatic rings. The monoisotopic (exact) mass is 276 g/mol. The number of nitrogens with two attached hydrogens (primary N) is 1. The third kappa shape index (κ3) is 1.70. The second-order valence-corrected chi connectivity index (χ2v) is 4.72. The van der Waals surface area contributed by atoms with Crippen LogP contribution in [-0.2, 0) is 0 Å². The maximum atomic E-state index is 11.7. The molecule has 1 saturated carbocycles. The molecule has 0 aliphatic heterocycles. The van der Waals surface area contributed by atoms with Crippen molar-refractivity contribution in [1.82, 2.24) is 19.5 Å². The van der Waals surface area contributed by atoms with E-state index in [1.807, 2.05) is 0 Å². The Kier molecular flexibility index (Phi) is 2.81. The van der Waals surface area contributed by atoms with Gasteiger partial charge in [0.15, 0.2) is 11.2 Å². The average Bonchev–Trinajstić information content (AvgIpc) is 2.79. The zero-order chi connectivity index (χ0) is 14.3. The number of nitrogens with one attached hydrogen (secondary N) is 1. The summed E-state index contributed by atoms with van der Waals surface area (Å²) in [7, 11) is 0. The van der Waals surface area contributed by atoms with Gasteiger partial charge >= 0.3 is 0 Å². The minimum atomic E-state index is -0.412. The lowest BCUT2D eigenvalue weighted by atomic mass is 9.75. The van der Waals surface area contributed by atoms with Crippen molar-refractivity contribution < 1.29 is 5.11 Å². The van der Waals surface area contributed by atoms with Gasteiger partial charge in [0.2, 0.25) is 5.95 Å². The maximum Gasteiger partial charge on any atom is 0.280 e. The van der Waals surface area contributed by atoms with Crippen molar-refractivity contribution in [2.45, 2.75) is 18.5 Å². The lowest BCUT2D eigenvalue weighted by molar-refractivity contribution is 0.0844. The number of aromatic amines is 1. The van der Waals surface area contributed by atoms with E-state index in [2.05, 4.69) is 25.0 Å². The molecule has 4 N–H and O–H groups in total. The molecule has 0 unspecified atom stereocenters. The van der Waals surface area contributed by atoms with Gasteiger partial charge in [-0.1, -0.05) is 5.11 Å². The van der Waals surface area contributed by atoms with Crippen LogP contribution in [0.1, 0.15) is 12.5 Å². The molecule has 1 aliphatic carbocycles. The summed E-state index contributed by atoms with van der Waals surface area (Å²) in [6.45, 7) is -0.0526. The highest BCUT2D eigenvalue weighted by molar-refractivity contribution is 5.70. The van der Waals surface area contributed by atoms with E-state index in [4.69, 9.17) is 11.3 Å². The largest absolute Gasteiger partial charge is 0.396 e. The molecule has 1 fully saturated rings.